The third-order valence-corrected chi connectivity index (χ3v) is 13.7. The van der Waals surface area contributed by atoms with Crippen LogP contribution in [-0.4, -0.2) is 133 Å². The molecule has 0 heterocycles. The number of anilines is 5. The highest BCUT2D eigenvalue weighted by Gasteiger charge is 2.21. The molecule has 0 aliphatic carbocycles. The van der Waals surface area contributed by atoms with Gasteiger partial charge in [-0.05, 0) is 179 Å². The van der Waals surface area contributed by atoms with Gasteiger partial charge in [-0.15, -0.1) is 0 Å². The smallest absolute Gasteiger partial charge is 0.0462 e. The topological polar surface area (TPSA) is 62.4 Å². The van der Waals surface area contributed by atoms with Crippen LogP contribution in [0.1, 0.15) is 139 Å². The SMILES string of the molecule is CCCCN(CCCCOC)c1ccccc1.CCCN(CCCCOC)c1ccccc1.CCN(CCCCOC)c1ccccc1.COCCCCN(c1ccccc1)C(C)(C)C.COCCCCN(c1ccccc1)C(C)C. The van der Waals surface area contributed by atoms with E-state index < -0.39 is 0 Å². The predicted molar refractivity (Wildman–Crippen MR) is 355 cm³/mol. The molecule has 0 atom stereocenters. The Hall–Kier alpha value is -5.10. The van der Waals surface area contributed by atoms with E-state index in [1.807, 2.05) is 0 Å². The fourth-order valence-electron chi connectivity index (χ4n) is 9.20. The van der Waals surface area contributed by atoms with Crippen LogP contribution in [0.2, 0.25) is 0 Å². The summed E-state index contributed by atoms with van der Waals surface area (Å²) in [5.41, 5.74) is 6.78. The average molecular weight is 1120 g/mol. The molecule has 0 aliphatic rings. The molecule has 0 amide bonds. The molecule has 0 spiro atoms. The minimum Gasteiger partial charge on any atom is -0.385 e. The molecule has 0 aromatic heterocycles. The largest absolute Gasteiger partial charge is 0.385 e. The van der Waals surface area contributed by atoms with Crippen molar-refractivity contribution in [2.75, 3.05) is 145 Å². The summed E-state index contributed by atoms with van der Waals surface area (Å²) >= 11 is 0. The van der Waals surface area contributed by atoms with Crippen molar-refractivity contribution >= 4 is 28.4 Å². The highest BCUT2D eigenvalue weighted by Crippen LogP contribution is 2.24. The molecule has 5 aromatic carbocycles. The van der Waals surface area contributed by atoms with Gasteiger partial charge in [0, 0.05) is 161 Å². The third-order valence-electron chi connectivity index (χ3n) is 13.7. The average Bonchev–Trinajstić information content (AvgIpc) is 3.50. The second-order valence-electron chi connectivity index (χ2n) is 21.7. The van der Waals surface area contributed by atoms with Crippen molar-refractivity contribution in [2.45, 2.75) is 150 Å². The highest BCUT2D eigenvalue weighted by atomic mass is 16.5. The van der Waals surface area contributed by atoms with Crippen molar-refractivity contribution in [3.05, 3.63) is 152 Å². The predicted octanol–water partition coefficient (Wildman–Crippen LogP) is 17.0. The minimum absolute atomic E-state index is 0.161. The van der Waals surface area contributed by atoms with E-state index in [2.05, 4.69) is 232 Å². The quantitative estimate of drug-likeness (QED) is 0.0359. The second-order valence-corrected chi connectivity index (χ2v) is 21.7. The van der Waals surface area contributed by atoms with Gasteiger partial charge < -0.3 is 48.2 Å². The lowest BCUT2D eigenvalue weighted by atomic mass is 10.0. The van der Waals surface area contributed by atoms with Gasteiger partial charge >= 0.3 is 0 Å². The van der Waals surface area contributed by atoms with Crippen LogP contribution in [0.4, 0.5) is 28.4 Å². The maximum absolute atomic E-state index is 5.10. The van der Waals surface area contributed by atoms with Crippen LogP contribution in [0.25, 0.3) is 0 Å². The first-order valence-electron chi connectivity index (χ1n) is 30.9. The molecular weight excluding hydrogens is 1000 g/mol. The summed E-state index contributed by atoms with van der Waals surface area (Å²) in [5, 5.41) is 0. The van der Waals surface area contributed by atoms with Gasteiger partial charge in [0.1, 0.15) is 0 Å². The standard InChI is InChI=1S/2C15H25NO.2C14H23NO.C13H21NO/c1-15(2,3)16(12-8-9-13-17-4)14-10-6-5-7-11-14;1-3-4-12-16(13-8-9-14-17-2)15-10-6-5-7-11-15;1-13(2)15(11-7-8-12-16-3)14-9-5-4-6-10-14;1-3-11-15(12-7-8-13-16-2)14-9-5-4-6-10-14;1-3-14(11-7-8-12-15-2)13-9-5-4-6-10-13/h5-7,10-11H,8-9,12-13H2,1-4H3;5-7,10-11H,3-4,8-9,12-14H2,1-2H3;4-6,9-10,13H,7-8,11-12H2,1-3H3;4-6,9-10H,3,7-8,11-13H2,1-2H3;4-6,9-10H,3,7-8,11-12H2,1-2H3. The molecule has 0 saturated carbocycles. The van der Waals surface area contributed by atoms with Gasteiger partial charge in [-0.1, -0.05) is 111 Å². The van der Waals surface area contributed by atoms with Crippen molar-refractivity contribution in [3.63, 3.8) is 0 Å². The number of methoxy groups -OCH3 is 5. The number of ether oxygens (including phenoxy) is 5. The fourth-order valence-corrected chi connectivity index (χ4v) is 9.20. The number of nitrogens with zero attached hydrogens (tertiary/aromatic N) is 5. The van der Waals surface area contributed by atoms with Crippen LogP contribution in [0, 0.1) is 0 Å². The molecule has 0 radical (unpaired) electrons. The lowest BCUT2D eigenvalue weighted by molar-refractivity contribution is 0.192. The van der Waals surface area contributed by atoms with E-state index in [9.17, 15) is 0 Å². The summed E-state index contributed by atoms with van der Waals surface area (Å²) in [5.74, 6) is 0. The van der Waals surface area contributed by atoms with Gasteiger partial charge in [-0.25, -0.2) is 0 Å². The molecule has 0 bridgehead atoms. The van der Waals surface area contributed by atoms with Gasteiger partial charge in [-0.3, -0.25) is 0 Å². The molecular formula is C71H117N5O5. The lowest BCUT2D eigenvalue weighted by Gasteiger charge is -2.38. The summed E-state index contributed by atoms with van der Waals surface area (Å²) < 4.78 is 25.4. The van der Waals surface area contributed by atoms with Gasteiger partial charge in [0.15, 0.2) is 0 Å². The van der Waals surface area contributed by atoms with E-state index in [-0.39, 0.29) is 5.54 Å². The molecule has 0 aliphatic heterocycles. The number of unbranched alkanes of at least 4 members (excludes halogenated alkanes) is 6. The maximum Gasteiger partial charge on any atom is 0.0462 e. The maximum atomic E-state index is 5.10. The van der Waals surface area contributed by atoms with Gasteiger partial charge in [0.25, 0.3) is 0 Å². The Morgan fingerprint density at radius 3 is 0.938 bits per heavy atom. The fraction of sp³-hybridized carbons (Fsp3) is 0.577. The normalized spacial score (nSPS) is 10.7. The Kier molecular flexibility index (Phi) is 46.2. The second kappa shape index (κ2) is 50.6. The molecule has 5 rings (SSSR count). The Morgan fingerprint density at radius 1 is 0.321 bits per heavy atom. The number of hydrogen-bond acceptors (Lipinski definition) is 10. The number of benzene rings is 5. The number of hydrogen-bond donors (Lipinski definition) is 0. The Labute approximate surface area is 497 Å². The van der Waals surface area contributed by atoms with Crippen molar-refractivity contribution in [1.29, 1.82) is 0 Å². The summed E-state index contributed by atoms with van der Waals surface area (Å²) in [6.07, 6.45) is 15.3. The Balaban J connectivity index is 0.000000507. The molecule has 0 unspecified atom stereocenters. The lowest BCUT2D eigenvalue weighted by Crippen LogP contribution is -2.42. The summed E-state index contributed by atoms with van der Waals surface area (Å²) in [4.78, 5) is 12.2. The van der Waals surface area contributed by atoms with E-state index in [0.29, 0.717) is 6.04 Å². The third kappa shape index (κ3) is 36.9. The Bertz CT molecular complexity index is 2050. The van der Waals surface area contributed by atoms with Crippen molar-refractivity contribution < 1.29 is 23.7 Å². The van der Waals surface area contributed by atoms with Crippen LogP contribution in [-0.2, 0) is 23.7 Å². The van der Waals surface area contributed by atoms with E-state index in [4.69, 9.17) is 23.7 Å². The van der Waals surface area contributed by atoms with Crippen LogP contribution < -0.4 is 24.5 Å². The molecule has 0 fully saturated rings. The van der Waals surface area contributed by atoms with Crippen LogP contribution in [0.3, 0.4) is 0 Å². The van der Waals surface area contributed by atoms with Gasteiger partial charge in [0.2, 0.25) is 0 Å². The molecule has 456 valence electrons. The molecule has 10 heteroatoms. The summed E-state index contributed by atoms with van der Waals surface area (Å²) in [7, 11) is 8.82. The summed E-state index contributed by atoms with van der Waals surface area (Å²) in [6.45, 7) is 31.2. The van der Waals surface area contributed by atoms with Crippen molar-refractivity contribution in [1.82, 2.24) is 0 Å². The van der Waals surface area contributed by atoms with Gasteiger partial charge in [-0.2, -0.15) is 0 Å². The first-order chi connectivity index (χ1) is 39.4. The van der Waals surface area contributed by atoms with Crippen LogP contribution >= 0.6 is 0 Å². The zero-order valence-corrected chi connectivity index (χ0v) is 53.7. The first-order valence-corrected chi connectivity index (χ1v) is 30.9. The van der Waals surface area contributed by atoms with Crippen LogP contribution in [0.15, 0.2) is 152 Å². The molecule has 5 aromatic rings. The van der Waals surface area contributed by atoms with Crippen LogP contribution in [0.5, 0.6) is 0 Å². The van der Waals surface area contributed by atoms with E-state index in [1.54, 1.807) is 35.5 Å². The molecule has 0 saturated heterocycles. The zero-order valence-electron chi connectivity index (χ0n) is 53.7. The molecule has 81 heavy (non-hydrogen) atoms. The Morgan fingerprint density at radius 2 is 0.617 bits per heavy atom. The molecule has 10 nitrogen and oxygen atoms in total. The minimum atomic E-state index is 0.161. The monoisotopic (exact) mass is 1120 g/mol. The highest BCUT2D eigenvalue weighted by molar-refractivity contribution is 5.50. The van der Waals surface area contributed by atoms with Gasteiger partial charge in [0.05, 0.1) is 0 Å². The summed E-state index contributed by atoms with van der Waals surface area (Å²) in [6, 6.07) is 53.7. The zero-order chi connectivity index (χ0) is 59.4. The first kappa shape index (κ1) is 73.9. The van der Waals surface area contributed by atoms with E-state index in [1.165, 1.54) is 79.8 Å². The number of rotatable bonds is 37. The van der Waals surface area contributed by atoms with Crippen molar-refractivity contribution in [3.8, 4) is 0 Å². The van der Waals surface area contributed by atoms with E-state index >= 15 is 0 Å². The number of para-hydroxylation sites is 5. The van der Waals surface area contributed by atoms with Crippen molar-refractivity contribution in [2.24, 2.45) is 0 Å². The van der Waals surface area contributed by atoms with E-state index in [0.717, 1.165) is 117 Å². The molecule has 0 N–H and O–H groups in total.